The largest absolute Gasteiger partial charge is 0.385 e. The van der Waals surface area contributed by atoms with E-state index in [1.807, 2.05) is 36.4 Å². The van der Waals surface area contributed by atoms with E-state index in [-0.39, 0.29) is 5.91 Å². The molecular weight excluding hydrogens is 262 g/mol. The Balaban J connectivity index is 1.98. The number of nitrogens with one attached hydrogen (secondary N) is 2. The third kappa shape index (κ3) is 4.91. The third-order valence-corrected chi connectivity index (χ3v) is 3.08. The number of carbonyl (C=O) groups excluding carboxylic acids is 1. The van der Waals surface area contributed by atoms with Crippen molar-refractivity contribution in [2.75, 3.05) is 17.2 Å². The molecular formula is C17H21N3O. The molecule has 0 bridgehead atoms. The van der Waals surface area contributed by atoms with Crippen molar-refractivity contribution in [3.8, 4) is 0 Å². The molecule has 110 valence electrons. The zero-order valence-electron chi connectivity index (χ0n) is 12.5. The van der Waals surface area contributed by atoms with E-state index in [1.165, 1.54) is 0 Å². The van der Waals surface area contributed by atoms with Crippen molar-refractivity contribution in [2.24, 2.45) is 5.92 Å². The highest BCUT2D eigenvalue weighted by atomic mass is 16.1. The lowest BCUT2D eigenvalue weighted by atomic mass is 10.1. The summed E-state index contributed by atoms with van der Waals surface area (Å²) in [6.07, 6.45) is 2.74. The average molecular weight is 283 g/mol. The van der Waals surface area contributed by atoms with E-state index in [4.69, 9.17) is 0 Å². The van der Waals surface area contributed by atoms with Crippen LogP contribution in [-0.4, -0.2) is 17.4 Å². The Morgan fingerprint density at radius 2 is 1.90 bits per heavy atom. The minimum atomic E-state index is -0.200. The van der Waals surface area contributed by atoms with E-state index in [1.54, 1.807) is 12.3 Å². The summed E-state index contributed by atoms with van der Waals surface area (Å²) in [7, 11) is 0. The first-order valence-electron chi connectivity index (χ1n) is 7.21. The van der Waals surface area contributed by atoms with Crippen LogP contribution in [0.2, 0.25) is 0 Å². The molecule has 4 nitrogen and oxygen atoms in total. The van der Waals surface area contributed by atoms with Gasteiger partial charge in [-0.2, -0.15) is 0 Å². The Bertz CT molecular complexity index is 582. The first-order chi connectivity index (χ1) is 10.1. The van der Waals surface area contributed by atoms with Crippen LogP contribution in [0.15, 0.2) is 48.7 Å². The van der Waals surface area contributed by atoms with Crippen molar-refractivity contribution in [1.29, 1.82) is 0 Å². The van der Waals surface area contributed by atoms with Gasteiger partial charge >= 0.3 is 0 Å². The fraction of sp³-hybridized carbons (Fsp3) is 0.294. The maximum atomic E-state index is 12.1. The zero-order chi connectivity index (χ0) is 15.1. The minimum Gasteiger partial charge on any atom is -0.385 e. The van der Waals surface area contributed by atoms with Gasteiger partial charge < -0.3 is 10.6 Å². The molecule has 2 N–H and O–H groups in total. The highest BCUT2D eigenvalue weighted by molar-refractivity contribution is 6.03. The maximum absolute atomic E-state index is 12.1. The normalized spacial score (nSPS) is 10.4. The molecule has 1 heterocycles. The number of aromatic nitrogens is 1. The zero-order valence-corrected chi connectivity index (χ0v) is 12.5. The fourth-order valence-electron chi connectivity index (χ4n) is 1.89. The number of amides is 1. The number of hydrogen-bond acceptors (Lipinski definition) is 3. The molecule has 1 amide bonds. The van der Waals surface area contributed by atoms with E-state index < -0.39 is 0 Å². The smallest absolute Gasteiger partial charge is 0.274 e. The SMILES string of the molecule is CC(C)CCNc1ccnc(C(=O)Nc2ccccc2)c1. The van der Waals surface area contributed by atoms with Gasteiger partial charge in [0.25, 0.3) is 5.91 Å². The number of nitrogens with zero attached hydrogens (tertiary/aromatic N) is 1. The Morgan fingerprint density at radius 3 is 2.62 bits per heavy atom. The van der Waals surface area contributed by atoms with Crippen molar-refractivity contribution in [3.63, 3.8) is 0 Å². The van der Waals surface area contributed by atoms with Crippen LogP contribution in [0.4, 0.5) is 11.4 Å². The van der Waals surface area contributed by atoms with E-state index in [0.717, 1.165) is 24.3 Å². The summed E-state index contributed by atoms with van der Waals surface area (Å²) in [6, 6.07) is 13.0. The second-order valence-corrected chi connectivity index (χ2v) is 5.36. The van der Waals surface area contributed by atoms with Gasteiger partial charge in [0.2, 0.25) is 0 Å². The second kappa shape index (κ2) is 7.43. The van der Waals surface area contributed by atoms with E-state index >= 15 is 0 Å². The molecule has 0 aliphatic heterocycles. The molecule has 21 heavy (non-hydrogen) atoms. The van der Waals surface area contributed by atoms with Crippen LogP contribution in [0.25, 0.3) is 0 Å². The van der Waals surface area contributed by atoms with Gasteiger partial charge in [-0.3, -0.25) is 9.78 Å². The maximum Gasteiger partial charge on any atom is 0.274 e. The van der Waals surface area contributed by atoms with Gasteiger partial charge in [-0.25, -0.2) is 0 Å². The average Bonchev–Trinajstić information content (AvgIpc) is 2.48. The van der Waals surface area contributed by atoms with Crippen LogP contribution in [-0.2, 0) is 0 Å². The fourth-order valence-corrected chi connectivity index (χ4v) is 1.89. The van der Waals surface area contributed by atoms with Gasteiger partial charge in [0.15, 0.2) is 0 Å². The van der Waals surface area contributed by atoms with Crippen molar-refractivity contribution < 1.29 is 4.79 Å². The number of pyridine rings is 1. The Labute approximate surface area is 125 Å². The quantitative estimate of drug-likeness (QED) is 0.848. The van der Waals surface area contributed by atoms with Crippen molar-refractivity contribution in [1.82, 2.24) is 4.98 Å². The molecule has 2 rings (SSSR count). The summed E-state index contributed by atoms with van der Waals surface area (Å²) in [5.41, 5.74) is 2.10. The Kier molecular flexibility index (Phi) is 5.32. The molecule has 1 aromatic carbocycles. The first-order valence-corrected chi connectivity index (χ1v) is 7.21. The number of para-hydroxylation sites is 1. The Hall–Kier alpha value is -2.36. The highest BCUT2D eigenvalue weighted by Gasteiger charge is 2.08. The summed E-state index contributed by atoms with van der Waals surface area (Å²) in [6.45, 7) is 5.27. The number of anilines is 2. The van der Waals surface area contributed by atoms with Crippen LogP contribution < -0.4 is 10.6 Å². The summed E-state index contributed by atoms with van der Waals surface area (Å²) in [5, 5.41) is 6.15. The van der Waals surface area contributed by atoms with Crippen LogP contribution in [0, 0.1) is 5.92 Å². The summed E-state index contributed by atoms with van der Waals surface area (Å²) in [4.78, 5) is 16.3. The second-order valence-electron chi connectivity index (χ2n) is 5.36. The molecule has 0 spiro atoms. The van der Waals surface area contributed by atoms with Crippen LogP contribution in [0.3, 0.4) is 0 Å². The number of carbonyl (C=O) groups is 1. The van der Waals surface area contributed by atoms with Gasteiger partial charge in [0.1, 0.15) is 5.69 Å². The molecule has 2 aromatic rings. The summed E-state index contributed by atoms with van der Waals surface area (Å²) in [5.74, 6) is 0.453. The van der Waals surface area contributed by atoms with Crippen molar-refractivity contribution in [2.45, 2.75) is 20.3 Å². The molecule has 0 radical (unpaired) electrons. The molecule has 0 unspecified atom stereocenters. The minimum absolute atomic E-state index is 0.200. The van der Waals surface area contributed by atoms with Crippen LogP contribution in [0.5, 0.6) is 0 Å². The van der Waals surface area contributed by atoms with Gasteiger partial charge in [-0.05, 0) is 36.6 Å². The molecule has 4 heteroatoms. The van der Waals surface area contributed by atoms with E-state index in [2.05, 4.69) is 29.5 Å². The molecule has 0 atom stereocenters. The lowest BCUT2D eigenvalue weighted by molar-refractivity contribution is 0.102. The predicted octanol–water partition coefficient (Wildman–Crippen LogP) is 3.79. The van der Waals surface area contributed by atoms with Crippen LogP contribution >= 0.6 is 0 Å². The van der Waals surface area contributed by atoms with Crippen molar-refractivity contribution >= 4 is 17.3 Å². The third-order valence-electron chi connectivity index (χ3n) is 3.08. The molecule has 1 aromatic heterocycles. The number of hydrogen-bond donors (Lipinski definition) is 2. The molecule has 0 saturated heterocycles. The number of rotatable bonds is 6. The molecule has 0 aliphatic rings. The van der Waals surface area contributed by atoms with Gasteiger partial charge in [-0.1, -0.05) is 32.0 Å². The molecule has 0 saturated carbocycles. The standard InChI is InChI=1S/C17H21N3O/c1-13(2)8-10-18-15-9-11-19-16(12-15)17(21)20-14-6-4-3-5-7-14/h3-7,9,11-13H,8,10H2,1-2H3,(H,18,19)(H,20,21). The predicted molar refractivity (Wildman–Crippen MR) is 86.6 cm³/mol. The van der Waals surface area contributed by atoms with Crippen LogP contribution in [0.1, 0.15) is 30.8 Å². The molecule has 0 aliphatic carbocycles. The highest BCUT2D eigenvalue weighted by Crippen LogP contribution is 2.12. The first kappa shape index (κ1) is 15.0. The summed E-state index contributed by atoms with van der Waals surface area (Å²) >= 11 is 0. The summed E-state index contributed by atoms with van der Waals surface area (Å²) < 4.78 is 0. The van der Waals surface area contributed by atoms with E-state index in [9.17, 15) is 4.79 Å². The lowest BCUT2D eigenvalue weighted by Crippen LogP contribution is -2.14. The lowest BCUT2D eigenvalue weighted by Gasteiger charge is -2.09. The molecule has 0 fully saturated rings. The van der Waals surface area contributed by atoms with Gasteiger partial charge in [0, 0.05) is 24.1 Å². The van der Waals surface area contributed by atoms with Crippen molar-refractivity contribution in [3.05, 3.63) is 54.4 Å². The monoisotopic (exact) mass is 283 g/mol. The number of benzene rings is 1. The topological polar surface area (TPSA) is 54.0 Å². The Morgan fingerprint density at radius 1 is 1.14 bits per heavy atom. The van der Waals surface area contributed by atoms with Gasteiger partial charge in [0.05, 0.1) is 0 Å². The van der Waals surface area contributed by atoms with E-state index in [0.29, 0.717) is 11.6 Å². The van der Waals surface area contributed by atoms with Gasteiger partial charge in [-0.15, -0.1) is 0 Å².